The van der Waals surface area contributed by atoms with Gasteiger partial charge in [-0.25, -0.2) is 4.79 Å². The van der Waals surface area contributed by atoms with Crippen LogP contribution in [-0.4, -0.2) is 67.2 Å². The van der Waals surface area contributed by atoms with E-state index in [-0.39, 0.29) is 18.6 Å². The molecule has 0 saturated carbocycles. The van der Waals surface area contributed by atoms with E-state index < -0.39 is 11.9 Å². The van der Waals surface area contributed by atoms with Crippen LogP contribution < -0.4 is 5.32 Å². The monoisotopic (exact) mass is 245 g/mol. The largest absolute Gasteiger partial charge is 0.481 e. The van der Waals surface area contributed by atoms with Crippen molar-refractivity contribution in [3.05, 3.63) is 0 Å². The first-order valence-corrected chi connectivity index (χ1v) is 5.63. The molecule has 0 heterocycles. The highest BCUT2D eigenvalue weighted by atomic mass is 16.4. The number of likely N-dealkylation sites (N-methyl/N-ethyl adjacent to an activating group) is 1. The smallest absolute Gasteiger partial charge is 0.317 e. The summed E-state index contributed by atoms with van der Waals surface area (Å²) in [6.07, 6.45) is 0. The van der Waals surface area contributed by atoms with Crippen LogP contribution in [0.3, 0.4) is 0 Å². The van der Waals surface area contributed by atoms with Crippen molar-refractivity contribution < 1.29 is 14.7 Å². The average Bonchev–Trinajstić information content (AvgIpc) is 2.15. The normalized spacial score (nSPS) is 14.2. The molecule has 0 saturated heterocycles. The van der Waals surface area contributed by atoms with Gasteiger partial charge in [-0.3, -0.25) is 4.79 Å². The Balaban J connectivity index is 4.09. The second-order valence-corrected chi connectivity index (χ2v) is 4.73. The van der Waals surface area contributed by atoms with Gasteiger partial charge < -0.3 is 20.2 Å². The first kappa shape index (κ1) is 15.7. The lowest BCUT2D eigenvalue weighted by molar-refractivity contribution is -0.141. The van der Waals surface area contributed by atoms with Crippen LogP contribution in [0.4, 0.5) is 4.79 Å². The molecule has 0 fully saturated rings. The number of carboxylic acid groups (broad SMARTS) is 1. The molecular weight excluding hydrogens is 222 g/mol. The van der Waals surface area contributed by atoms with Crippen molar-refractivity contribution in [3.8, 4) is 0 Å². The van der Waals surface area contributed by atoms with Gasteiger partial charge in [0.1, 0.15) is 0 Å². The Hall–Kier alpha value is -1.30. The van der Waals surface area contributed by atoms with E-state index in [1.165, 1.54) is 4.90 Å². The Labute approximate surface area is 103 Å². The van der Waals surface area contributed by atoms with E-state index in [0.29, 0.717) is 0 Å². The minimum absolute atomic E-state index is 0.0279. The van der Waals surface area contributed by atoms with Gasteiger partial charge in [0.05, 0.1) is 5.92 Å². The summed E-state index contributed by atoms with van der Waals surface area (Å²) in [6, 6.07) is -0.215. The first-order chi connectivity index (χ1) is 7.73. The summed E-state index contributed by atoms with van der Waals surface area (Å²) >= 11 is 0. The highest BCUT2D eigenvalue weighted by Crippen LogP contribution is 1.99. The van der Waals surface area contributed by atoms with E-state index in [4.69, 9.17) is 5.11 Å². The Morgan fingerprint density at radius 2 is 1.71 bits per heavy atom. The molecule has 2 amide bonds. The molecule has 2 unspecified atom stereocenters. The number of amides is 2. The number of nitrogens with one attached hydrogen (secondary N) is 1. The zero-order valence-electron chi connectivity index (χ0n) is 11.2. The van der Waals surface area contributed by atoms with Gasteiger partial charge in [-0.15, -0.1) is 0 Å². The molecule has 17 heavy (non-hydrogen) atoms. The Morgan fingerprint density at radius 3 is 2.12 bits per heavy atom. The predicted molar refractivity (Wildman–Crippen MR) is 66.0 cm³/mol. The average molecular weight is 245 g/mol. The number of carbonyl (C=O) groups is 2. The van der Waals surface area contributed by atoms with Crippen LogP contribution in [-0.2, 0) is 4.79 Å². The van der Waals surface area contributed by atoms with Gasteiger partial charge in [0, 0.05) is 26.2 Å². The third-order valence-corrected chi connectivity index (χ3v) is 2.32. The highest BCUT2D eigenvalue weighted by molar-refractivity contribution is 5.75. The quantitative estimate of drug-likeness (QED) is 0.706. The van der Waals surface area contributed by atoms with E-state index in [9.17, 15) is 9.59 Å². The molecule has 0 aliphatic rings. The summed E-state index contributed by atoms with van der Waals surface area (Å²) < 4.78 is 0. The molecule has 6 nitrogen and oxygen atoms in total. The van der Waals surface area contributed by atoms with Crippen molar-refractivity contribution in [2.24, 2.45) is 5.92 Å². The number of carboxylic acids is 1. The van der Waals surface area contributed by atoms with E-state index in [0.717, 1.165) is 6.54 Å². The summed E-state index contributed by atoms with van der Waals surface area (Å²) in [4.78, 5) is 25.7. The second-order valence-electron chi connectivity index (χ2n) is 4.73. The molecular formula is C11H23N3O3. The number of urea groups is 1. The highest BCUT2D eigenvalue weighted by Gasteiger charge is 2.18. The lowest BCUT2D eigenvalue weighted by Crippen LogP contribution is -2.47. The Morgan fingerprint density at radius 1 is 1.18 bits per heavy atom. The van der Waals surface area contributed by atoms with Crippen molar-refractivity contribution in [1.29, 1.82) is 0 Å². The standard InChI is InChI=1S/C11H23N3O3/c1-8(10(15)16)6-14(5)11(17)12-9(2)7-13(3)4/h8-9H,6-7H2,1-5H3,(H,12,17)(H,15,16). The molecule has 0 bridgehead atoms. The molecule has 2 N–H and O–H groups in total. The summed E-state index contributed by atoms with van der Waals surface area (Å²) in [5.41, 5.74) is 0. The van der Waals surface area contributed by atoms with Crippen molar-refractivity contribution in [3.63, 3.8) is 0 Å². The fraction of sp³-hybridized carbons (Fsp3) is 0.818. The minimum Gasteiger partial charge on any atom is -0.481 e. The van der Waals surface area contributed by atoms with Crippen LogP contribution in [0.25, 0.3) is 0 Å². The maximum absolute atomic E-state index is 11.7. The van der Waals surface area contributed by atoms with Gasteiger partial charge in [0.25, 0.3) is 0 Å². The zero-order chi connectivity index (χ0) is 13.6. The number of aliphatic carboxylic acids is 1. The third kappa shape index (κ3) is 6.78. The molecule has 6 heteroatoms. The van der Waals surface area contributed by atoms with E-state index in [1.54, 1.807) is 14.0 Å². The van der Waals surface area contributed by atoms with E-state index >= 15 is 0 Å². The van der Waals surface area contributed by atoms with E-state index in [1.807, 2.05) is 25.9 Å². The molecule has 0 aliphatic heterocycles. The van der Waals surface area contributed by atoms with Crippen molar-refractivity contribution in [1.82, 2.24) is 15.1 Å². The molecule has 0 aromatic carbocycles. The Kier molecular flexibility index (Phi) is 6.57. The van der Waals surface area contributed by atoms with Crippen LogP contribution in [0.5, 0.6) is 0 Å². The second kappa shape index (κ2) is 7.11. The van der Waals surface area contributed by atoms with Crippen molar-refractivity contribution in [2.45, 2.75) is 19.9 Å². The lowest BCUT2D eigenvalue weighted by Gasteiger charge is -2.24. The number of nitrogens with zero attached hydrogens (tertiary/aromatic N) is 2. The molecule has 0 rings (SSSR count). The van der Waals surface area contributed by atoms with Gasteiger partial charge in [0.2, 0.25) is 0 Å². The SMILES string of the molecule is CC(CN(C)C)NC(=O)N(C)CC(C)C(=O)O. The maximum atomic E-state index is 11.7. The van der Waals surface area contributed by atoms with Crippen LogP contribution in [0.15, 0.2) is 0 Å². The fourth-order valence-corrected chi connectivity index (χ4v) is 1.49. The molecule has 2 atom stereocenters. The zero-order valence-corrected chi connectivity index (χ0v) is 11.2. The van der Waals surface area contributed by atoms with Gasteiger partial charge in [-0.1, -0.05) is 6.92 Å². The van der Waals surface area contributed by atoms with Crippen molar-refractivity contribution in [2.75, 3.05) is 34.2 Å². The number of hydrogen-bond donors (Lipinski definition) is 2. The summed E-state index contributed by atoms with van der Waals surface area (Å²) in [7, 11) is 5.45. The lowest BCUT2D eigenvalue weighted by atomic mass is 10.2. The van der Waals surface area contributed by atoms with Crippen LogP contribution in [0, 0.1) is 5.92 Å². The molecule has 0 aromatic heterocycles. The maximum Gasteiger partial charge on any atom is 0.317 e. The van der Waals surface area contributed by atoms with Gasteiger partial charge in [-0.2, -0.15) is 0 Å². The van der Waals surface area contributed by atoms with Crippen LogP contribution in [0.2, 0.25) is 0 Å². The Bertz CT molecular complexity index is 269. The molecule has 100 valence electrons. The summed E-state index contributed by atoms with van der Waals surface area (Å²) in [6.45, 7) is 4.44. The van der Waals surface area contributed by atoms with Crippen LogP contribution in [0.1, 0.15) is 13.8 Å². The van der Waals surface area contributed by atoms with Gasteiger partial charge in [-0.05, 0) is 21.0 Å². The first-order valence-electron chi connectivity index (χ1n) is 5.63. The molecule has 0 aliphatic carbocycles. The predicted octanol–water partition coefficient (Wildman–Crippen LogP) is 0.299. The number of carbonyl (C=O) groups excluding carboxylic acids is 1. The fourth-order valence-electron chi connectivity index (χ4n) is 1.49. The minimum atomic E-state index is -0.897. The topological polar surface area (TPSA) is 72.9 Å². The number of hydrogen-bond acceptors (Lipinski definition) is 3. The summed E-state index contributed by atoms with van der Waals surface area (Å²) in [5.74, 6) is -1.46. The molecule has 0 spiro atoms. The molecule has 0 aromatic rings. The van der Waals surface area contributed by atoms with E-state index in [2.05, 4.69) is 5.32 Å². The van der Waals surface area contributed by atoms with Crippen molar-refractivity contribution >= 4 is 12.0 Å². The van der Waals surface area contributed by atoms with Gasteiger partial charge >= 0.3 is 12.0 Å². The summed E-state index contributed by atoms with van der Waals surface area (Å²) in [5, 5.41) is 11.6. The molecule has 0 radical (unpaired) electrons. The van der Waals surface area contributed by atoms with Crippen LogP contribution >= 0.6 is 0 Å². The number of rotatable bonds is 6. The third-order valence-electron chi connectivity index (χ3n) is 2.32. The van der Waals surface area contributed by atoms with Gasteiger partial charge in [0.15, 0.2) is 0 Å².